The van der Waals surface area contributed by atoms with E-state index >= 15 is 0 Å². The van der Waals surface area contributed by atoms with Crippen molar-refractivity contribution in [1.82, 2.24) is 9.78 Å². The average Bonchev–Trinajstić information content (AvgIpc) is 2.67. The van der Waals surface area contributed by atoms with Gasteiger partial charge in [0, 0.05) is 9.86 Å². The molecule has 0 bridgehead atoms. The molecule has 0 radical (unpaired) electrons. The number of benzene rings is 2. The predicted molar refractivity (Wildman–Crippen MR) is 109 cm³/mol. The van der Waals surface area contributed by atoms with Crippen LogP contribution in [0.3, 0.4) is 0 Å². The molecule has 3 aromatic rings. The Balaban J connectivity index is 2.12. The molecule has 1 N–H and O–H groups in total. The maximum atomic E-state index is 12.8. The van der Waals surface area contributed by atoms with E-state index in [0.717, 1.165) is 4.68 Å². The zero-order valence-electron chi connectivity index (χ0n) is 15.4. The Hall–Kier alpha value is -2.87. The number of nitrogens with zero attached hydrogens (tertiary/aromatic N) is 2. The van der Waals surface area contributed by atoms with E-state index in [0.29, 0.717) is 45.5 Å². The van der Waals surface area contributed by atoms with Crippen LogP contribution in [0.5, 0.6) is 11.5 Å². The Morgan fingerprint density at radius 2 is 1.71 bits per heavy atom. The van der Waals surface area contributed by atoms with Gasteiger partial charge < -0.3 is 14.6 Å². The predicted octanol–water partition coefficient (Wildman–Crippen LogP) is 3.70. The zero-order valence-corrected chi connectivity index (χ0v) is 17.0. The summed E-state index contributed by atoms with van der Waals surface area (Å²) < 4.78 is 13.1. The number of rotatable bonds is 7. The Kier molecular flexibility index (Phi) is 5.99. The minimum absolute atomic E-state index is 0.0804. The topological polar surface area (TPSA) is 90.7 Å². The van der Waals surface area contributed by atoms with Crippen LogP contribution in [0.4, 0.5) is 0 Å². The van der Waals surface area contributed by atoms with Crippen molar-refractivity contribution in [3.63, 3.8) is 0 Å². The van der Waals surface area contributed by atoms with Crippen molar-refractivity contribution < 1.29 is 19.4 Å². The molecule has 28 heavy (non-hydrogen) atoms. The Morgan fingerprint density at radius 3 is 2.32 bits per heavy atom. The lowest BCUT2D eigenvalue weighted by atomic mass is 10.1. The Bertz CT molecular complexity index is 1090. The molecule has 0 unspecified atom stereocenters. The second kappa shape index (κ2) is 8.43. The quantitative estimate of drug-likeness (QED) is 0.594. The van der Waals surface area contributed by atoms with Crippen LogP contribution < -0.4 is 15.0 Å². The third-order valence-corrected chi connectivity index (χ3v) is 4.84. The van der Waals surface area contributed by atoms with Gasteiger partial charge in [0.2, 0.25) is 0 Å². The van der Waals surface area contributed by atoms with E-state index in [2.05, 4.69) is 21.0 Å². The molecular weight excluding hydrogens is 428 g/mol. The van der Waals surface area contributed by atoms with Gasteiger partial charge in [0.1, 0.15) is 0 Å². The highest BCUT2D eigenvalue weighted by Crippen LogP contribution is 2.34. The summed E-state index contributed by atoms with van der Waals surface area (Å²) in [6.07, 6.45) is 0. The number of carboxylic acid groups (broad SMARTS) is 1. The number of ether oxygens (including phenoxy) is 2. The van der Waals surface area contributed by atoms with Crippen molar-refractivity contribution in [3.05, 3.63) is 62.5 Å². The zero-order chi connectivity index (χ0) is 20.3. The highest BCUT2D eigenvalue weighted by atomic mass is 79.9. The minimum atomic E-state index is -1.19. The monoisotopic (exact) mass is 446 g/mol. The van der Waals surface area contributed by atoms with Gasteiger partial charge in [-0.2, -0.15) is 5.10 Å². The molecule has 0 aliphatic carbocycles. The lowest BCUT2D eigenvalue weighted by Crippen LogP contribution is -2.26. The molecule has 2 aromatic carbocycles. The van der Waals surface area contributed by atoms with Gasteiger partial charge >= 0.3 is 5.97 Å². The van der Waals surface area contributed by atoms with Gasteiger partial charge in [-0.1, -0.05) is 34.1 Å². The van der Waals surface area contributed by atoms with Gasteiger partial charge in [-0.25, -0.2) is 9.48 Å². The normalized spacial score (nSPS) is 10.8. The van der Waals surface area contributed by atoms with Crippen molar-refractivity contribution in [2.75, 3.05) is 13.2 Å². The number of aromatic nitrogens is 2. The van der Waals surface area contributed by atoms with E-state index in [-0.39, 0.29) is 17.8 Å². The molecule has 7 nitrogen and oxygen atoms in total. The summed E-state index contributed by atoms with van der Waals surface area (Å²) in [5.41, 5.74) is 0.190. The van der Waals surface area contributed by atoms with E-state index in [1.807, 2.05) is 13.8 Å². The van der Waals surface area contributed by atoms with Gasteiger partial charge in [-0.3, -0.25) is 4.79 Å². The summed E-state index contributed by atoms with van der Waals surface area (Å²) in [5, 5.41) is 14.2. The van der Waals surface area contributed by atoms with E-state index in [4.69, 9.17) is 9.47 Å². The molecule has 8 heteroatoms. The first-order chi connectivity index (χ1) is 13.5. The first kappa shape index (κ1) is 19.9. The van der Waals surface area contributed by atoms with Crippen molar-refractivity contribution >= 4 is 32.7 Å². The van der Waals surface area contributed by atoms with Crippen LogP contribution in [0, 0.1) is 0 Å². The van der Waals surface area contributed by atoms with Gasteiger partial charge in [0.15, 0.2) is 17.2 Å². The van der Waals surface area contributed by atoms with Crippen LogP contribution in [-0.2, 0) is 6.54 Å². The van der Waals surface area contributed by atoms with Crippen molar-refractivity contribution in [2.24, 2.45) is 0 Å². The van der Waals surface area contributed by atoms with Crippen LogP contribution in [0.25, 0.3) is 10.8 Å². The van der Waals surface area contributed by atoms with E-state index in [1.165, 1.54) is 0 Å². The lowest BCUT2D eigenvalue weighted by molar-refractivity contribution is 0.0690. The summed E-state index contributed by atoms with van der Waals surface area (Å²) in [5.74, 6) is -0.0504. The summed E-state index contributed by atoms with van der Waals surface area (Å²) in [6.45, 7) is 4.77. The van der Waals surface area contributed by atoms with Crippen LogP contribution in [0.1, 0.15) is 29.9 Å². The highest BCUT2D eigenvalue weighted by Gasteiger charge is 2.17. The Morgan fingerprint density at radius 1 is 1.11 bits per heavy atom. The number of hydrogen-bond acceptors (Lipinski definition) is 5. The lowest BCUT2D eigenvalue weighted by Gasteiger charge is -2.15. The Labute approximate surface area is 169 Å². The van der Waals surface area contributed by atoms with Crippen LogP contribution in [-0.4, -0.2) is 34.1 Å². The molecule has 0 fully saturated rings. The fourth-order valence-corrected chi connectivity index (χ4v) is 3.34. The van der Waals surface area contributed by atoms with E-state index in [9.17, 15) is 14.7 Å². The minimum Gasteiger partial charge on any atom is -0.490 e. The molecule has 0 atom stereocenters. The molecule has 0 amide bonds. The van der Waals surface area contributed by atoms with Crippen molar-refractivity contribution in [1.29, 1.82) is 0 Å². The third kappa shape index (κ3) is 3.87. The van der Waals surface area contributed by atoms with Crippen molar-refractivity contribution in [2.45, 2.75) is 20.4 Å². The summed E-state index contributed by atoms with van der Waals surface area (Å²) >= 11 is 3.49. The van der Waals surface area contributed by atoms with E-state index in [1.54, 1.807) is 36.4 Å². The van der Waals surface area contributed by atoms with Gasteiger partial charge in [0.25, 0.3) is 5.56 Å². The number of carboxylic acids is 1. The third-order valence-electron chi connectivity index (χ3n) is 4.10. The second-order valence-corrected chi connectivity index (χ2v) is 6.77. The standard InChI is InChI=1S/C20H19BrN2O5/c1-3-27-16-9-12(15(21)10-17(16)28-4-2)11-23-19(24)14-8-6-5-7-13(14)18(22-23)20(25)26/h5-10H,3-4,11H2,1-2H3,(H,25,26). The molecule has 0 aliphatic rings. The van der Waals surface area contributed by atoms with Crippen molar-refractivity contribution in [3.8, 4) is 11.5 Å². The second-order valence-electron chi connectivity index (χ2n) is 5.92. The first-order valence-corrected chi connectivity index (χ1v) is 9.56. The van der Waals surface area contributed by atoms with Gasteiger partial charge in [-0.05, 0) is 37.6 Å². The number of fused-ring (bicyclic) bond motifs is 1. The summed E-state index contributed by atoms with van der Waals surface area (Å²) in [4.78, 5) is 24.5. The number of hydrogen-bond donors (Lipinski definition) is 1. The number of carbonyl (C=O) groups is 1. The number of halogens is 1. The highest BCUT2D eigenvalue weighted by molar-refractivity contribution is 9.10. The van der Waals surface area contributed by atoms with Gasteiger partial charge in [0.05, 0.1) is 25.1 Å². The van der Waals surface area contributed by atoms with Crippen LogP contribution in [0.15, 0.2) is 45.7 Å². The largest absolute Gasteiger partial charge is 0.490 e. The number of aromatic carboxylic acids is 1. The average molecular weight is 447 g/mol. The molecular formula is C20H19BrN2O5. The maximum Gasteiger partial charge on any atom is 0.357 e. The molecule has 0 aliphatic heterocycles. The summed E-state index contributed by atoms with van der Waals surface area (Å²) in [6, 6.07) is 10.1. The van der Waals surface area contributed by atoms with Crippen LogP contribution in [0.2, 0.25) is 0 Å². The molecule has 3 rings (SSSR count). The fourth-order valence-electron chi connectivity index (χ4n) is 2.90. The molecule has 146 valence electrons. The maximum absolute atomic E-state index is 12.8. The first-order valence-electron chi connectivity index (χ1n) is 8.77. The molecule has 0 spiro atoms. The van der Waals surface area contributed by atoms with Gasteiger partial charge in [-0.15, -0.1) is 0 Å². The molecule has 0 saturated heterocycles. The van der Waals surface area contributed by atoms with Crippen LogP contribution >= 0.6 is 15.9 Å². The summed E-state index contributed by atoms with van der Waals surface area (Å²) in [7, 11) is 0. The molecule has 0 saturated carbocycles. The molecule has 1 heterocycles. The van der Waals surface area contributed by atoms with E-state index < -0.39 is 5.97 Å². The smallest absolute Gasteiger partial charge is 0.357 e. The SMILES string of the molecule is CCOc1cc(Br)c(Cn2nc(C(=O)O)c3ccccc3c2=O)cc1OCC. The fraction of sp³-hybridized carbons (Fsp3) is 0.250. The molecule has 1 aromatic heterocycles.